The van der Waals surface area contributed by atoms with E-state index in [0.717, 1.165) is 11.3 Å². The highest BCUT2D eigenvalue weighted by Gasteiger charge is 2.19. The lowest BCUT2D eigenvalue weighted by molar-refractivity contribution is -0.384. The zero-order valence-corrected chi connectivity index (χ0v) is 12.3. The Morgan fingerprint density at radius 3 is 2.86 bits per heavy atom. The Morgan fingerprint density at radius 1 is 1.52 bits per heavy atom. The number of benzene rings is 1. The van der Waals surface area contributed by atoms with Crippen LogP contribution in [0, 0.1) is 22.4 Å². The van der Waals surface area contributed by atoms with Gasteiger partial charge in [-0.3, -0.25) is 20.1 Å². The standard InChI is InChI=1S/C13H13N3O4S/c1-3-20-12(17)11-8(2)15(13(14)21-11)9-5-4-6-10(7-9)16(18)19/h4-7,14H,3H2,1-2H3. The number of hydrogen-bond donors (Lipinski definition) is 1. The fraction of sp³-hybridized carbons (Fsp3) is 0.231. The van der Waals surface area contributed by atoms with Crippen LogP contribution in [0.1, 0.15) is 22.3 Å². The average Bonchev–Trinajstić information content (AvgIpc) is 2.74. The van der Waals surface area contributed by atoms with Crippen LogP contribution in [-0.4, -0.2) is 22.1 Å². The summed E-state index contributed by atoms with van der Waals surface area (Å²) in [5, 5.41) is 18.8. The molecule has 21 heavy (non-hydrogen) atoms. The van der Waals surface area contributed by atoms with Gasteiger partial charge in [0.25, 0.3) is 5.69 Å². The van der Waals surface area contributed by atoms with E-state index in [1.807, 2.05) is 0 Å². The monoisotopic (exact) mass is 307 g/mol. The normalized spacial score (nSPS) is 10.4. The van der Waals surface area contributed by atoms with Crippen molar-refractivity contribution in [3.63, 3.8) is 0 Å². The molecule has 0 aliphatic heterocycles. The maximum atomic E-state index is 11.8. The van der Waals surface area contributed by atoms with E-state index in [4.69, 9.17) is 10.1 Å². The lowest BCUT2D eigenvalue weighted by atomic mass is 10.2. The summed E-state index contributed by atoms with van der Waals surface area (Å²) in [5.74, 6) is -0.488. The number of aromatic nitrogens is 1. The Labute approximate surface area is 124 Å². The number of non-ortho nitro benzene ring substituents is 1. The number of nitro benzene ring substituents is 1. The van der Waals surface area contributed by atoms with Crippen LogP contribution < -0.4 is 4.80 Å². The summed E-state index contributed by atoms with van der Waals surface area (Å²) < 4.78 is 6.43. The number of carbonyl (C=O) groups excluding carboxylic acids is 1. The molecule has 1 aromatic heterocycles. The van der Waals surface area contributed by atoms with Crippen molar-refractivity contribution in [3.8, 4) is 5.69 Å². The Morgan fingerprint density at radius 2 is 2.24 bits per heavy atom. The Hall–Kier alpha value is -2.48. The van der Waals surface area contributed by atoms with Crippen molar-refractivity contribution in [3.05, 3.63) is 49.8 Å². The molecule has 0 fully saturated rings. The summed E-state index contributed by atoms with van der Waals surface area (Å²) in [6, 6.07) is 5.94. The Balaban J connectivity index is 2.55. The number of rotatable bonds is 4. The predicted octanol–water partition coefficient (Wildman–Crippen LogP) is 2.41. The van der Waals surface area contributed by atoms with E-state index in [2.05, 4.69) is 0 Å². The third-order valence-electron chi connectivity index (χ3n) is 2.83. The summed E-state index contributed by atoms with van der Waals surface area (Å²) in [5.41, 5.74) is 0.935. The van der Waals surface area contributed by atoms with Crippen LogP contribution in [-0.2, 0) is 4.74 Å². The quantitative estimate of drug-likeness (QED) is 0.532. The molecule has 0 atom stereocenters. The molecule has 0 spiro atoms. The van der Waals surface area contributed by atoms with Gasteiger partial charge in [-0.1, -0.05) is 17.4 Å². The number of esters is 1. The minimum Gasteiger partial charge on any atom is -0.462 e. The first-order chi connectivity index (χ1) is 9.95. The van der Waals surface area contributed by atoms with Gasteiger partial charge in [-0.15, -0.1) is 0 Å². The maximum absolute atomic E-state index is 11.8. The van der Waals surface area contributed by atoms with Crippen molar-refractivity contribution in [2.24, 2.45) is 0 Å². The predicted molar refractivity (Wildman–Crippen MR) is 76.8 cm³/mol. The molecule has 1 heterocycles. The lowest BCUT2D eigenvalue weighted by Gasteiger charge is -2.06. The van der Waals surface area contributed by atoms with Crippen LogP contribution >= 0.6 is 11.3 Å². The molecule has 0 radical (unpaired) electrons. The molecule has 0 aliphatic carbocycles. The number of ether oxygens (including phenoxy) is 1. The van der Waals surface area contributed by atoms with Gasteiger partial charge < -0.3 is 4.74 Å². The lowest BCUT2D eigenvalue weighted by Crippen LogP contribution is -2.13. The molecular formula is C13H13N3O4S. The molecule has 7 nitrogen and oxygen atoms in total. The summed E-state index contributed by atoms with van der Waals surface area (Å²) >= 11 is 0.983. The van der Waals surface area contributed by atoms with E-state index in [9.17, 15) is 14.9 Å². The summed E-state index contributed by atoms with van der Waals surface area (Å²) in [6.07, 6.45) is 0. The number of carbonyl (C=O) groups is 1. The fourth-order valence-corrected chi connectivity index (χ4v) is 2.82. The first kappa shape index (κ1) is 14.9. The van der Waals surface area contributed by atoms with Crippen LogP contribution in [0.5, 0.6) is 0 Å². The minimum absolute atomic E-state index is 0.0670. The molecule has 110 valence electrons. The van der Waals surface area contributed by atoms with Gasteiger partial charge >= 0.3 is 5.97 Å². The van der Waals surface area contributed by atoms with Gasteiger partial charge in [0.1, 0.15) is 4.88 Å². The Kier molecular flexibility index (Phi) is 4.18. The zero-order chi connectivity index (χ0) is 15.6. The van der Waals surface area contributed by atoms with E-state index >= 15 is 0 Å². The molecule has 1 N–H and O–H groups in total. The van der Waals surface area contributed by atoms with Crippen molar-refractivity contribution < 1.29 is 14.5 Å². The minimum atomic E-state index is -0.498. The molecule has 2 rings (SSSR count). The number of thiazole rings is 1. The number of hydrogen-bond acceptors (Lipinski definition) is 6. The fourth-order valence-electron chi connectivity index (χ4n) is 1.91. The molecule has 0 saturated heterocycles. The van der Waals surface area contributed by atoms with Gasteiger partial charge in [-0.2, -0.15) is 0 Å². The van der Waals surface area contributed by atoms with E-state index < -0.39 is 10.9 Å². The molecule has 0 saturated carbocycles. The van der Waals surface area contributed by atoms with Crippen LogP contribution in [0.25, 0.3) is 5.69 Å². The second-order valence-corrected chi connectivity index (χ2v) is 5.15. The molecule has 8 heteroatoms. The molecule has 0 bridgehead atoms. The van der Waals surface area contributed by atoms with Crippen LogP contribution in [0.3, 0.4) is 0 Å². The van der Waals surface area contributed by atoms with Gasteiger partial charge in [-0.25, -0.2) is 4.79 Å². The summed E-state index contributed by atoms with van der Waals surface area (Å²) in [4.78, 5) is 22.6. The highest BCUT2D eigenvalue weighted by molar-refractivity contribution is 7.11. The maximum Gasteiger partial charge on any atom is 0.350 e. The molecule has 0 aliphatic rings. The van der Waals surface area contributed by atoms with Crippen LogP contribution in [0.4, 0.5) is 5.69 Å². The van der Waals surface area contributed by atoms with Gasteiger partial charge in [0.05, 0.1) is 17.2 Å². The first-order valence-electron chi connectivity index (χ1n) is 6.14. The molecule has 2 aromatic rings. The van der Waals surface area contributed by atoms with Crippen molar-refractivity contribution in [2.75, 3.05) is 6.61 Å². The molecular weight excluding hydrogens is 294 g/mol. The SMILES string of the molecule is CCOC(=O)c1sc(=N)n(-c2cccc([N+](=O)[O-])c2)c1C. The van der Waals surface area contributed by atoms with E-state index in [1.54, 1.807) is 26.0 Å². The smallest absolute Gasteiger partial charge is 0.350 e. The summed E-state index contributed by atoms with van der Waals surface area (Å²) in [7, 11) is 0. The molecule has 0 unspecified atom stereocenters. The second kappa shape index (κ2) is 5.88. The van der Waals surface area contributed by atoms with Crippen molar-refractivity contribution in [1.29, 1.82) is 5.41 Å². The number of nitro groups is 1. The first-order valence-corrected chi connectivity index (χ1v) is 6.96. The third kappa shape index (κ3) is 2.84. The van der Waals surface area contributed by atoms with Crippen LogP contribution in [0.2, 0.25) is 0 Å². The molecule has 1 aromatic carbocycles. The average molecular weight is 307 g/mol. The zero-order valence-electron chi connectivity index (χ0n) is 11.5. The topological polar surface area (TPSA) is 98.2 Å². The number of nitrogens with one attached hydrogen (secondary N) is 1. The Bertz CT molecular complexity index is 763. The van der Waals surface area contributed by atoms with E-state index in [1.165, 1.54) is 16.7 Å². The van der Waals surface area contributed by atoms with Crippen molar-refractivity contribution in [1.82, 2.24) is 4.57 Å². The van der Waals surface area contributed by atoms with Crippen molar-refractivity contribution >= 4 is 23.0 Å². The number of nitrogens with zero attached hydrogens (tertiary/aromatic N) is 2. The van der Waals surface area contributed by atoms with E-state index in [-0.39, 0.29) is 17.1 Å². The largest absolute Gasteiger partial charge is 0.462 e. The third-order valence-corrected chi connectivity index (χ3v) is 3.87. The van der Waals surface area contributed by atoms with Gasteiger partial charge in [0.2, 0.25) is 0 Å². The van der Waals surface area contributed by atoms with Gasteiger partial charge in [0.15, 0.2) is 4.80 Å². The van der Waals surface area contributed by atoms with E-state index in [0.29, 0.717) is 16.3 Å². The van der Waals surface area contributed by atoms with Crippen molar-refractivity contribution in [2.45, 2.75) is 13.8 Å². The second-order valence-electron chi connectivity index (χ2n) is 4.15. The van der Waals surface area contributed by atoms with Crippen LogP contribution in [0.15, 0.2) is 24.3 Å². The van der Waals surface area contributed by atoms with Gasteiger partial charge in [-0.05, 0) is 19.9 Å². The highest BCUT2D eigenvalue weighted by atomic mass is 32.1. The molecule has 0 amide bonds. The summed E-state index contributed by atoms with van der Waals surface area (Å²) in [6.45, 7) is 3.64. The highest BCUT2D eigenvalue weighted by Crippen LogP contribution is 2.21. The van der Waals surface area contributed by atoms with Gasteiger partial charge in [0, 0.05) is 17.8 Å².